The Balaban J connectivity index is 1.32. The highest BCUT2D eigenvalue weighted by molar-refractivity contribution is 5.00. The summed E-state index contributed by atoms with van der Waals surface area (Å²) in [7, 11) is 30.1. The molecule has 0 saturated carbocycles. The highest BCUT2D eigenvalue weighted by Gasteiger charge is 2.58. The van der Waals surface area contributed by atoms with Gasteiger partial charge in [-0.1, -0.05) is 0 Å². The second-order valence-electron chi connectivity index (χ2n) is 34.6. The number of methoxy groups -OCH3 is 2. The molecular formula is C68H136N5O36+5. The van der Waals surface area contributed by atoms with Crippen molar-refractivity contribution in [2.75, 3.05) is 225 Å². The zero-order chi connectivity index (χ0) is 81.7. The summed E-state index contributed by atoms with van der Waals surface area (Å²) in [6, 6.07) is 0. The van der Waals surface area contributed by atoms with Crippen molar-refractivity contribution in [2.24, 2.45) is 0 Å². The molecule has 17 unspecified atom stereocenters. The van der Waals surface area contributed by atoms with Gasteiger partial charge in [0.15, 0.2) is 37.7 Å². The molecule has 0 bridgehead atoms. The van der Waals surface area contributed by atoms with Crippen LogP contribution in [0.3, 0.4) is 0 Å². The SMILES string of the molecule is CO[C@@H]1OC(COCC(O)C[N+](C)(C)C)[C@@H](O[C@H]2O[C@@H](CO[C@H]3O[C@@H](COCC(O)C[N+](C)(C)C)[C@H](O)C(O)C3O)[C@@H](O[C@@H]3OC(COCC(O)C[N+](C)(C)C)[C@@H](O[C@H]4O[C@@H](COCC(O)C[N+](C)(C)C)[C@@H](O[C@@H]5OC(COCC(O)C[N+](C)(C)C)[C@@H](OC)[C@@H](O)C5O)C(O)C4O)[C@H](O)C3O)C(O)C2O)[C@H](O)C1O. The molecule has 644 valence electrons. The van der Waals surface area contributed by atoms with Crippen LogP contribution in [-0.2, 0) is 85.3 Å². The molecular weight excluding hydrogens is 1460 g/mol. The second kappa shape index (κ2) is 42.2. The molecule has 109 heavy (non-hydrogen) atoms. The highest BCUT2D eigenvalue weighted by atomic mass is 16.8. The molecule has 0 aromatic heterocycles. The molecule has 6 fully saturated rings. The fourth-order valence-corrected chi connectivity index (χ4v) is 13.8. The highest BCUT2D eigenvalue weighted by Crippen LogP contribution is 2.38. The maximum absolute atomic E-state index is 12.4. The Hall–Kier alpha value is -1.64. The van der Waals surface area contributed by atoms with Crippen LogP contribution < -0.4 is 0 Å². The number of hydrogen-bond donors (Lipinski definition) is 18. The topological polar surface area (TPSA) is 530 Å². The van der Waals surface area contributed by atoms with Crippen LogP contribution in [0, 0.1) is 0 Å². The molecule has 6 aliphatic heterocycles. The Morgan fingerprint density at radius 2 is 0.450 bits per heavy atom. The van der Waals surface area contributed by atoms with Crippen LogP contribution in [0.25, 0.3) is 0 Å². The van der Waals surface area contributed by atoms with Gasteiger partial charge in [-0.15, -0.1) is 0 Å². The molecule has 0 spiro atoms. The first-order valence-corrected chi connectivity index (χ1v) is 36.9. The van der Waals surface area contributed by atoms with Gasteiger partial charge in [-0.05, 0) is 0 Å². The molecule has 0 aliphatic carbocycles. The van der Waals surface area contributed by atoms with Gasteiger partial charge in [-0.25, -0.2) is 0 Å². The van der Waals surface area contributed by atoms with Crippen LogP contribution in [-0.4, -0.2) is 554 Å². The summed E-state index contributed by atoms with van der Waals surface area (Å²) in [6.45, 7) is -3.35. The van der Waals surface area contributed by atoms with Crippen LogP contribution in [0.4, 0.5) is 0 Å². The largest absolute Gasteiger partial charge is 0.387 e. The first-order chi connectivity index (χ1) is 50.5. The van der Waals surface area contributed by atoms with E-state index >= 15 is 0 Å². The molecule has 0 radical (unpaired) electrons. The average Bonchev–Trinajstić information content (AvgIpc) is 0.771. The van der Waals surface area contributed by atoms with E-state index < -0.39 is 248 Å². The molecule has 18 N–H and O–H groups in total. The third kappa shape index (κ3) is 29.4. The fourth-order valence-electron chi connectivity index (χ4n) is 13.8. The van der Waals surface area contributed by atoms with E-state index in [4.69, 9.17) is 85.3 Å². The molecule has 41 nitrogen and oxygen atoms in total. The number of hydrogen-bond acceptors (Lipinski definition) is 36. The first-order valence-electron chi connectivity index (χ1n) is 36.9. The average molecular weight is 1600 g/mol. The summed E-state index contributed by atoms with van der Waals surface area (Å²) in [5, 5.41) is 207. The van der Waals surface area contributed by atoms with E-state index in [0.29, 0.717) is 24.5 Å². The Bertz CT molecular complexity index is 2580. The molecule has 35 atom stereocenters. The van der Waals surface area contributed by atoms with E-state index in [2.05, 4.69) is 0 Å². The smallest absolute Gasteiger partial charge is 0.187 e. The van der Waals surface area contributed by atoms with Crippen LogP contribution in [0.1, 0.15) is 0 Å². The molecule has 6 heterocycles. The van der Waals surface area contributed by atoms with Gasteiger partial charge in [0.1, 0.15) is 210 Å². The Kier molecular flexibility index (Phi) is 37.2. The summed E-state index contributed by atoms with van der Waals surface area (Å²) in [4.78, 5) is 0. The van der Waals surface area contributed by atoms with Crippen LogP contribution in [0.5, 0.6) is 0 Å². The lowest BCUT2D eigenvalue weighted by molar-refractivity contribution is -0.873. The van der Waals surface area contributed by atoms with E-state index in [0.717, 1.165) is 0 Å². The predicted molar refractivity (Wildman–Crippen MR) is 372 cm³/mol. The fraction of sp³-hybridized carbons (Fsp3) is 1.00. The van der Waals surface area contributed by atoms with Crippen molar-refractivity contribution in [1.29, 1.82) is 0 Å². The molecule has 41 heteroatoms. The summed E-state index contributed by atoms with van der Waals surface area (Å²) in [6.07, 6.45) is -60.2. The van der Waals surface area contributed by atoms with Gasteiger partial charge in [-0.2, -0.15) is 0 Å². The molecule has 0 amide bonds. The summed E-state index contributed by atoms with van der Waals surface area (Å²) in [5.41, 5.74) is 0. The maximum atomic E-state index is 12.4. The summed E-state index contributed by atoms with van der Waals surface area (Å²) in [5.74, 6) is 0. The van der Waals surface area contributed by atoms with E-state index in [1.165, 1.54) is 14.2 Å². The number of nitrogens with zero attached hydrogens (tertiary/aromatic N) is 5. The molecule has 6 saturated heterocycles. The van der Waals surface area contributed by atoms with Gasteiger partial charge in [-0.3, -0.25) is 0 Å². The maximum Gasteiger partial charge on any atom is 0.187 e. The van der Waals surface area contributed by atoms with E-state index in [1.54, 1.807) is 0 Å². The van der Waals surface area contributed by atoms with E-state index in [1.807, 2.05) is 106 Å². The minimum absolute atomic E-state index is 0.156. The van der Waals surface area contributed by atoms with Gasteiger partial charge in [0.2, 0.25) is 0 Å². The number of rotatable bonds is 43. The first kappa shape index (κ1) is 96.2. The van der Waals surface area contributed by atoms with Gasteiger partial charge < -0.3 is 200 Å². The van der Waals surface area contributed by atoms with E-state index in [9.17, 15) is 91.9 Å². The van der Waals surface area contributed by atoms with Crippen molar-refractivity contribution in [3.05, 3.63) is 0 Å². The van der Waals surface area contributed by atoms with Crippen LogP contribution in [0.15, 0.2) is 0 Å². The minimum Gasteiger partial charge on any atom is -0.387 e. The lowest BCUT2D eigenvalue weighted by atomic mass is 9.95. The lowest BCUT2D eigenvalue weighted by Gasteiger charge is -2.50. The molecule has 0 aromatic carbocycles. The molecule has 6 aliphatic rings. The number of ether oxygens (including phenoxy) is 18. The number of quaternary nitrogens is 5. The van der Waals surface area contributed by atoms with Crippen LogP contribution in [0.2, 0.25) is 0 Å². The Morgan fingerprint density at radius 1 is 0.239 bits per heavy atom. The van der Waals surface area contributed by atoms with Crippen molar-refractivity contribution in [3.8, 4) is 0 Å². The molecule has 6 rings (SSSR count). The zero-order valence-corrected chi connectivity index (χ0v) is 66.2. The van der Waals surface area contributed by atoms with Crippen LogP contribution >= 0.6 is 0 Å². The normalized spacial score (nSPS) is 39.8. The van der Waals surface area contributed by atoms with Crippen molar-refractivity contribution in [1.82, 2.24) is 0 Å². The van der Waals surface area contributed by atoms with Gasteiger partial charge in [0, 0.05) is 14.2 Å². The third-order valence-electron chi connectivity index (χ3n) is 18.7. The summed E-state index contributed by atoms with van der Waals surface area (Å²) >= 11 is 0. The monoisotopic (exact) mass is 1600 g/mol. The zero-order valence-electron chi connectivity index (χ0n) is 66.2. The number of likely N-dealkylation sites (N-methyl/N-ethyl adjacent to an activating group) is 5. The van der Waals surface area contributed by atoms with Crippen molar-refractivity contribution in [3.63, 3.8) is 0 Å². The van der Waals surface area contributed by atoms with Crippen molar-refractivity contribution < 1.29 is 200 Å². The number of aliphatic hydroxyl groups excluding tert-OH is 18. The number of aliphatic hydroxyl groups is 18. The van der Waals surface area contributed by atoms with E-state index in [-0.39, 0.29) is 70.3 Å². The predicted octanol–water partition coefficient (Wildman–Crippen LogP) is -12.3. The summed E-state index contributed by atoms with van der Waals surface area (Å²) < 4.78 is 110. The second-order valence-corrected chi connectivity index (χ2v) is 34.6. The molecule has 0 aromatic rings. The minimum atomic E-state index is -2.29. The quantitative estimate of drug-likeness (QED) is 0.0252. The Morgan fingerprint density at radius 3 is 0.706 bits per heavy atom. The standard InChI is InChI=1S/C68H136N5O36/c1-69(2,3)18-34(74)23-94-28-39-45(79)46(80)52(86)64(100-39)99-33-44-62(51(85)57(91)68(105-44)106-59-41(101-63(93-17)53(87)48(59)82)30-96-25-36(76)20-71(7,8)9)109-67-56(90)50(84)61(43(104-67)32-98-27-38(78)22-73(13,14)15)108-66-55(89)49(83)60(42(103-66)31-97-26-37(77)21-72(10,11)12)107-65-54(88)47(81)58(92-16)40(102-65)29-95-24-35(75)19-70(4,5)6/h34-68,74-91H,18-33H2,1-17H3/q+5/t34?,35?,36?,37?,38?,39-,40?,41?,42-,43?,44-,45-,46?,47-,48+,49?,50+,51?,52?,53?,54?,55?,56?,57?,58+,59+,60+,61+,62+,63+,64-,65-,66+,67-,68+/m0/s1. The van der Waals surface area contributed by atoms with Gasteiger partial charge in [0.05, 0.1) is 178 Å². The Labute approximate surface area is 637 Å². The van der Waals surface area contributed by atoms with Gasteiger partial charge in [0.25, 0.3) is 0 Å². The lowest BCUT2D eigenvalue weighted by Crippen LogP contribution is -2.68. The van der Waals surface area contributed by atoms with Crippen molar-refractivity contribution >= 4 is 0 Å². The van der Waals surface area contributed by atoms with Crippen molar-refractivity contribution in [2.45, 2.75) is 215 Å². The van der Waals surface area contributed by atoms with Gasteiger partial charge >= 0.3 is 0 Å². The third-order valence-corrected chi connectivity index (χ3v) is 18.7.